The Labute approximate surface area is 166 Å². The molecule has 0 aliphatic heterocycles. The van der Waals surface area contributed by atoms with Gasteiger partial charge in [0.2, 0.25) is 10.0 Å². The molecule has 0 bridgehead atoms. The first kappa shape index (κ1) is 21.8. The van der Waals surface area contributed by atoms with Gasteiger partial charge in [0.15, 0.2) is 0 Å². The summed E-state index contributed by atoms with van der Waals surface area (Å²) in [7, 11) is -8.29. The number of benzene rings is 2. The Kier molecular flexibility index (Phi) is 7.76. The molecular formula is C13H14N2NaO7PS. The molecule has 2 aromatic carbocycles. The standard InChI is InChI=1S/C13H13N2O7PS.Na.H/c16-15(17)11-6-8-12(9-7-11)22-23(18,19)10-14-24(20,21)13-4-2-1-3-5-13;;/h1-9,14H,10H2,(H,18,19);;. The van der Waals surface area contributed by atoms with Gasteiger partial charge in [0.25, 0.3) is 5.69 Å². The van der Waals surface area contributed by atoms with Gasteiger partial charge in [-0.05, 0) is 24.3 Å². The van der Waals surface area contributed by atoms with Crippen molar-refractivity contribution in [3.63, 3.8) is 0 Å². The number of hydrogen-bond donors (Lipinski definition) is 2. The van der Waals surface area contributed by atoms with E-state index in [9.17, 15) is 28.0 Å². The third-order valence-electron chi connectivity index (χ3n) is 2.80. The molecule has 25 heavy (non-hydrogen) atoms. The molecule has 0 heterocycles. The molecule has 130 valence electrons. The van der Waals surface area contributed by atoms with Crippen LogP contribution in [0.1, 0.15) is 0 Å². The molecule has 12 heteroatoms. The second kappa shape index (κ2) is 8.91. The fourth-order valence-corrected chi connectivity index (χ4v) is 4.21. The molecule has 1 atom stereocenters. The Morgan fingerprint density at radius 3 is 2.20 bits per heavy atom. The van der Waals surface area contributed by atoms with Crippen LogP contribution in [0.15, 0.2) is 59.5 Å². The van der Waals surface area contributed by atoms with Crippen molar-refractivity contribution in [1.82, 2.24) is 4.72 Å². The van der Waals surface area contributed by atoms with Crippen molar-refractivity contribution < 1.29 is 27.3 Å². The van der Waals surface area contributed by atoms with Crippen LogP contribution < -0.4 is 9.25 Å². The fourth-order valence-electron chi connectivity index (χ4n) is 1.68. The van der Waals surface area contributed by atoms with Crippen LogP contribution >= 0.6 is 7.60 Å². The maximum atomic E-state index is 12.0. The van der Waals surface area contributed by atoms with E-state index in [4.69, 9.17) is 4.52 Å². The second-order valence-electron chi connectivity index (χ2n) is 4.60. The number of sulfonamides is 1. The van der Waals surface area contributed by atoms with Crippen molar-refractivity contribution in [3.8, 4) is 5.75 Å². The molecule has 9 nitrogen and oxygen atoms in total. The van der Waals surface area contributed by atoms with E-state index in [0.717, 1.165) is 24.3 Å². The van der Waals surface area contributed by atoms with Crippen molar-refractivity contribution in [1.29, 1.82) is 0 Å². The predicted molar refractivity (Wildman–Crippen MR) is 92.3 cm³/mol. The molecule has 0 aliphatic rings. The molecule has 0 spiro atoms. The molecule has 2 rings (SSSR count). The van der Waals surface area contributed by atoms with Gasteiger partial charge in [-0.3, -0.25) is 10.1 Å². The summed E-state index contributed by atoms with van der Waals surface area (Å²) in [6, 6.07) is 11.8. The molecule has 0 radical (unpaired) electrons. The van der Waals surface area contributed by atoms with Gasteiger partial charge in [-0.15, -0.1) is 0 Å². The topological polar surface area (TPSA) is 136 Å². The number of rotatable bonds is 7. The van der Waals surface area contributed by atoms with Gasteiger partial charge < -0.3 is 9.42 Å². The number of hydrogen-bond acceptors (Lipinski definition) is 6. The van der Waals surface area contributed by atoms with Crippen molar-refractivity contribution in [3.05, 3.63) is 64.7 Å². The quantitative estimate of drug-likeness (QED) is 0.313. The van der Waals surface area contributed by atoms with Gasteiger partial charge in [0, 0.05) is 12.1 Å². The van der Waals surface area contributed by atoms with Crippen LogP contribution in [0.3, 0.4) is 0 Å². The Morgan fingerprint density at radius 2 is 1.68 bits per heavy atom. The minimum atomic E-state index is -4.33. The number of nitro groups is 1. The zero-order chi connectivity index (χ0) is 17.8. The van der Waals surface area contributed by atoms with E-state index in [1.54, 1.807) is 6.07 Å². The average molecular weight is 396 g/mol. The Balaban J connectivity index is 0.00000312. The van der Waals surface area contributed by atoms with Crippen molar-refractivity contribution in [2.24, 2.45) is 0 Å². The van der Waals surface area contributed by atoms with Crippen molar-refractivity contribution >= 4 is 52.9 Å². The van der Waals surface area contributed by atoms with Crippen LogP contribution in [0, 0.1) is 10.1 Å². The summed E-state index contributed by atoms with van der Waals surface area (Å²) in [6.45, 7) is 0. The molecule has 2 aromatic rings. The molecule has 0 saturated carbocycles. The van der Waals surface area contributed by atoms with Crippen LogP contribution in [0.4, 0.5) is 5.69 Å². The minimum absolute atomic E-state index is 0. The molecule has 0 aliphatic carbocycles. The van der Waals surface area contributed by atoms with Gasteiger partial charge in [-0.2, -0.15) is 4.72 Å². The van der Waals surface area contributed by atoms with Crippen molar-refractivity contribution in [2.75, 3.05) is 6.29 Å². The maximum absolute atomic E-state index is 12.0. The van der Waals surface area contributed by atoms with E-state index in [2.05, 4.69) is 0 Å². The number of nitrogens with one attached hydrogen (secondary N) is 1. The molecule has 0 aromatic heterocycles. The van der Waals surface area contributed by atoms with Gasteiger partial charge in [-0.1, -0.05) is 18.2 Å². The Bertz CT molecular complexity index is 875. The Morgan fingerprint density at radius 1 is 1.12 bits per heavy atom. The van der Waals surface area contributed by atoms with E-state index in [0.29, 0.717) is 0 Å². The van der Waals surface area contributed by atoms with Gasteiger partial charge in [0.1, 0.15) is 12.0 Å². The number of nitrogens with zero attached hydrogens (tertiary/aromatic N) is 1. The SMILES string of the molecule is O=[N+]([O-])c1ccc(OP(=O)(O)CNS(=O)(=O)c2ccccc2)cc1.[NaH]. The monoisotopic (exact) mass is 396 g/mol. The van der Waals surface area contributed by atoms with E-state index >= 15 is 0 Å². The van der Waals surface area contributed by atoms with Crippen LogP contribution in [0.25, 0.3) is 0 Å². The van der Waals surface area contributed by atoms with E-state index in [1.165, 1.54) is 24.3 Å². The third-order valence-corrected chi connectivity index (χ3v) is 5.49. The summed E-state index contributed by atoms with van der Waals surface area (Å²) in [4.78, 5) is 19.6. The van der Waals surface area contributed by atoms with Crippen molar-refractivity contribution in [2.45, 2.75) is 4.90 Å². The molecule has 1 unspecified atom stereocenters. The van der Waals surface area contributed by atoms with Gasteiger partial charge in [-0.25, -0.2) is 13.0 Å². The predicted octanol–water partition coefficient (Wildman–Crippen LogP) is 1.45. The molecule has 0 saturated heterocycles. The summed E-state index contributed by atoms with van der Waals surface area (Å²) in [6.07, 6.45) is -0.846. The normalized spacial score (nSPS) is 13.3. The number of non-ortho nitro benzene ring substituents is 1. The molecular weight excluding hydrogens is 382 g/mol. The summed E-state index contributed by atoms with van der Waals surface area (Å²) in [5, 5.41) is 10.5. The molecule has 0 fully saturated rings. The van der Waals surface area contributed by atoms with E-state index < -0.39 is 28.8 Å². The van der Waals surface area contributed by atoms with Crippen LogP contribution in [0.2, 0.25) is 0 Å². The van der Waals surface area contributed by atoms with E-state index in [-0.39, 0.29) is 45.9 Å². The van der Waals surface area contributed by atoms with Gasteiger partial charge in [0.05, 0.1) is 9.82 Å². The van der Waals surface area contributed by atoms with Crippen LogP contribution in [-0.4, -0.2) is 54.1 Å². The Hall–Kier alpha value is -1.26. The van der Waals surface area contributed by atoms with Crippen LogP contribution in [-0.2, 0) is 14.6 Å². The fraction of sp³-hybridized carbons (Fsp3) is 0.0769. The molecule has 2 N–H and O–H groups in total. The van der Waals surface area contributed by atoms with Gasteiger partial charge >= 0.3 is 37.2 Å². The molecule has 0 amide bonds. The van der Waals surface area contributed by atoms with Crippen LogP contribution in [0.5, 0.6) is 5.75 Å². The summed E-state index contributed by atoms with van der Waals surface area (Å²) < 4.78 is 42.7. The zero-order valence-corrected chi connectivity index (χ0v) is 13.8. The second-order valence-corrected chi connectivity index (χ2v) is 8.14. The summed E-state index contributed by atoms with van der Waals surface area (Å²) >= 11 is 0. The van der Waals surface area contributed by atoms with E-state index in [1.807, 2.05) is 4.72 Å². The summed E-state index contributed by atoms with van der Waals surface area (Å²) in [5.74, 6) is -0.0923. The summed E-state index contributed by atoms with van der Waals surface area (Å²) in [5.41, 5.74) is -0.208. The first-order valence-electron chi connectivity index (χ1n) is 6.50. The first-order valence-corrected chi connectivity index (χ1v) is 9.75. The number of nitro benzene ring substituents is 1. The third kappa shape index (κ3) is 6.52. The first-order chi connectivity index (χ1) is 11.2. The average Bonchev–Trinajstić information content (AvgIpc) is 2.54. The zero-order valence-electron chi connectivity index (χ0n) is 12.1.